The number of ether oxygens (including phenoxy) is 2. The molecule has 0 spiro atoms. The second kappa shape index (κ2) is 8.97. The molecule has 16 heavy (non-hydrogen) atoms. The van der Waals surface area contributed by atoms with Gasteiger partial charge in [-0.15, -0.1) is 0 Å². The van der Waals surface area contributed by atoms with Crippen LogP contribution in [-0.2, 0) is 9.47 Å². The van der Waals surface area contributed by atoms with Gasteiger partial charge < -0.3 is 14.6 Å². The van der Waals surface area contributed by atoms with E-state index in [1.54, 1.807) is 0 Å². The number of hydrogen-bond donors (Lipinski definition) is 1. The molecule has 0 aromatic rings. The maximum Gasteiger partial charge on any atom is 0.157 e. The summed E-state index contributed by atoms with van der Waals surface area (Å²) in [6, 6.07) is 0. The average molecular weight is 230 g/mol. The highest BCUT2D eigenvalue weighted by molar-refractivity contribution is 4.54. The summed E-state index contributed by atoms with van der Waals surface area (Å²) in [5.41, 5.74) is 0. The minimum absolute atomic E-state index is 0.0789. The molecular weight excluding hydrogens is 204 g/mol. The Kier molecular flexibility index (Phi) is 7.81. The van der Waals surface area contributed by atoms with Crippen LogP contribution in [0.1, 0.15) is 58.3 Å². The number of unbranched alkanes of at least 4 members (excludes halogenated alkanes) is 5. The Morgan fingerprint density at radius 2 is 1.56 bits per heavy atom. The van der Waals surface area contributed by atoms with E-state index in [2.05, 4.69) is 0 Å². The average Bonchev–Trinajstić information content (AvgIpc) is 2.74. The molecule has 1 fully saturated rings. The molecule has 3 heteroatoms. The van der Waals surface area contributed by atoms with Gasteiger partial charge in [0.15, 0.2) is 6.29 Å². The molecule has 1 atom stereocenters. The molecular formula is C13H26O3. The molecule has 3 nitrogen and oxygen atoms in total. The van der Waals surface area contributed by atoms with E-state index >= 15 is 0 Å². The lowest BCUT2D eigenvalue weighted by Crippen LogP contribution is -2.06. The van der Waals surface area contributed by atoms with E-state index in [9.17, 15) is 0 Å². The molecule has 0 unspecified atom stereocenters. The summed E-state index contributed by atoms with van der Waals surface area (Å²) in [7, 11) is 0. The largest absolute Gasteiger partial charge is 0.393 e. The number of hydrogen-bond acceptors (Lipinski definition) is 3. The van der Waals surface area contributed by atoms with Gasteiger partial charge in [-0.05, 0) is 26.2 Å². The van der Waals surface area contributed by atoms with Gasteiger partial charge >= 0.3 is 0 Å². The van der Waals surface area contributed by atoms with Crippen molar-refractivity contribution in [3.05, 3.63) is 0 Å². The molecule has 0 aliphatic carbocycles. The molecule has 96 valence electrons. The number of aliphatic hydroxyl groups excluding tert-OH is 1. The first kappa shape index (κ1) is 13.9. The SMILES string of the molecule is C[C@@H](O)CCCCCCCCC1OCCO1. The van der Waals surface area contributed by atoms with Crippen LogP contribution in [0.2, 0.25) is 0 Å². The van der Waals surface area contributed by atoms with Gasteiger partial charge in [0, 0.05) is 0 Å². The van der Waals surface area contributed by atoms with E-state index in [-0.39, 0.29) is 12.4 Å². The Hall–Kier alpha value is -0.120. The van der Waals surface area contributed by atoms with Crippen molar-refractivity contribution in [3.8, 4) is 0 Å². The van der Waals surface area contributed by atoms with Crippen molar-refractivity contribution in [2.24, 2.45) is 0 Å². The van der Waals surface area contributed by atoms with Crippen LogP contribution in [0, 0.1) is 0 Å². The minimum atomic E-state index is -0.128. The summed E-state index contributed by atoms with van der Waals surface area (Å²) in [5, 5.41) is 9.09. The third kappa shape index (κ3) is 7.20. The number of rotatable bonds is 9. The van der Waals surface area contributed by atoms with Gasteiger partial charge in [0.25, 0.3) is 0 Å². The van der Waals surface area contributed by atoms with Crippen molar-refractivity contribution >= 4 is 0 Å². The predicted molar refractivity (Wildman–Crippen MR) is 64.3 cm³/mol. The van der Waals surface area contributed by atoms with Crippen molar-refractivity contribution in [2.45, 2.75) is 70.7 Å². The highest BCUT2D eigenvalue weighted by atomic mass is 16.7. The van der Waals surface area contributed by atoms with E-state index in [0.29, 0.717) is 0 Å². The van der Waals surface area contributed by atoms with Crippen molar-refractivity contribution in [3.63, 3.8) is 0 Å². The topological polar surface area (TPSA) is 38.7 Å². The lowest BCUT2D eigenvalue weighted by atomic mass is 10.1. The summed E-state index contributed by atoms with van der Waals surface area (Å²) >= 11 is 0. The molecule has 0 bridgehead atoms. The fraction of sp³-hybridized carbons (Fsp3) is 1.00. The molecule has 0 amide bonds. The Balaban J connectivity index is 1.74. The summed E-state index contributed by atoms with van der Waals surface area (Å²) in [6.45, 7) is 3.40. The zero-order valence-electron chi connectivity index (χ0n) is 10.5. The van der Waals surface area contributed by atoms with E-state index < -0.39 is 0 Å². The highest BCUT2D eigenvalue weighted by Crippen LogP contribution is 2.14. The monoisotopic (exact) mass is 230 g/mol. The first-order valence-electron chi connectivity index (χ1n) is 6.70. The van der Waals surface area contributed by atoms with Gasteiger partial charge in [-0.1, -0.05) is 32.1 Å². The Bertz CT molecular complexity index is 153. The molecule has 1 aliphatic rings. The second-order valence-corrected chi connectivity index (χ2v) is 4.72. The minimum Gasteiger partial charge on any atom is -0.393 e. The van der Waals surface area contributed by atoms with Crippen LogP contribution < -0.4 is 0 Å². The first-order chi connectivity index (χ1) is 7.79. The predicted octanol–water partition coefficient (Wildman–Crippen LogP) is 2.86. The van der Waals surface area contributed by atoms with E-state index in [4.69, 9.17) is 14.6 Å². The summed E-state index contributed by atoms with van der Waals surface area (Å²) < 4.78 is 10.7. The van der Waals surface area contributed by atoms with Gasteiger partial charge in [-0.2, -0.15) is 0 Å². The van der Waals surface area contributed by atoms with Crippen LogP contribution in [-0.4, -0.2) is 30.7 Å². The zero-order valence-corrected chi connectivity index (χ0v) is 10.5. The quantitative estimate of drug-likeness (QED) is 0.619. The smallest absolute Gasteiger partial charge is 0.157 e. The summed E-state index contributed by atoms with van der Waals surface area (Å²) in [6.07, 6.45) is 9.43. The van der Waals surface area contributed by atoms with Crippen LogP contribution in [0.3, 0.4) is 0 Å². The molecule has 1 heterocycles. The normalized spacial score (nSPS) is 19.1. The van der Waals surface area contributed by atoms with Crippen molar-refractivity contribution in [1.29, 1.82) is 0 Å². The van der Waals surface area contributed by atoms with E-state index in [1.807, 2.05) is 6.92 Å². The molecule has 1 aliphatic heterocycles. The van der Waals surface area contributed by atoms with Crippen molar-refractivity contribution < 1.29 is 14.6 Å². The Labute approximate surface area is 99.1 Å². The van der Waals surface area contributed by atoms with Gasteiger partial charge in [0.1, 0.15) is 0 Å². The highest BCUT2D eigenvalue weighted by Gasteiger charge is 2.14. The third-order valence-electron chi connectivity index (χ3n) is 3.00. The van der Waals surface area contributed by atoms with Crippen LogP contribution in [0.15, 0.2) is 0 Å². The molecule has 1 N–H and O–H groups in total. The molecule has 1 rings (SSSR count). The lowest BCUT2D eigenvalue weighted by Gasteiger charge is -2.08. The van der Waals surface area contributed by atoms with Gasteiger partial charge in [-0.25, -0.2) is 0 Å². The van der Waals surface area contributed by atoms with Crippen molar-refractivity contribution in [2.75, 3.05) is 13.2 Å². The standard InChI is InChI=1S/C13H26O3/c1-12(14)8-6-4-2-3-5-7-9-13-15-10-11-16-13/h12-14H,2-11H2,1H3/t12-/m1/s1. The lowest BCUT2D eigenvalue weighted by molar-refractivity contribution is -0.0480. The van der Waals surface area contributed by atoms with E-state index in [0.717, 1.165) is 32.5 Å². The second-order valence-electron chi connectivity index (χ2n) is 4.72. The van der Waals surface area contributed by atoms with Crippen LogP contribution in [0.4, 0.5) is 0 Å². The van der Waals surface area contributed by atoms with Gasteiger partial charge in [-0.3, -0.25) is 0 Å². The van der Waals surface area contributed by atoms with Crippen LogP contribution in [0.25, 0.3) is 0 Å². The fourth-order valence-corrected chi connectivity index (χ4v) is 2.03. The molecule has 0 radical (unpaired) electrons. The van der Waals surface area contributed by atoms with Gasteiger partial charge in [0.2, 0.25) is 0 Å². The summed E-state index contributed by atoms with van der Waals surface area (Å²) in [4.78, 5) is 0. The molecule has 0 saturated carbocycles. The maximum absolute atomic E-state index is 9.09. The zero-order chi connectivity index (χ0) is 11.6. The number of aliphatic hydroxyl groups is 1. The Morgan fingerprint density at radius 1 is 1.00 bits per heavy atom. The van der Waals surface area contributed by atoms with Crippen molar-refractivity contribution in [1.82, 2.24) is 0 Å². The molecule has 0 aromatic carbocycles. The van der Waals surface area contributed by atoms with Crippen LogP contribution in [0.5, 0.6) is 0 Å². The fourth-order valence-electron chi connectivity index (χ4n) is 2.03. The summed E-state index contributed by atoms with van der Waals surface area (Å²) in [5.74, 6) is 0. The first-order valence-corrected chi connectivity index (χ1v) is 6.70. The maximum atomic E-state index is 9.09. The van der Waals surface area contributed by atoms with E-state index in [1.165, 1.54) is 32.1 Å². The van der Waals surface area contributed by atoms with Crippen LogP contribution >= 0.6 is 0 Å². The molecule has 1 saturated heterocycles. The molecule has 0 aromatic heterocycles. The Morgan fingerprint density at radius 3 is 2.19 bits per heavy atom. The van der Waals surface area contributed by atoms with Gasteiger partial charge in [0.05, 0.1) is 19.3 Å². The third-order valence-corrected chi connectivity index (χ3v) is 3.00.